The van der Waals surface area contributed by atoms with Crippen molar-refractivity contribution in [3.8, 4) is 0 Å². The van der Waals surface area contributed by atoms with Crippen molar-refractivity contribution in [3.05, 3.63) is 34.2 Å². The molecule has 1 aromatic carbocycles. The zero-order chi connectivity index (χ0) is 12.4. The number of thiophene rings is 1. The first-order chi connectivity index (χ1) is 8.84. The van der Waals surface area contributed by atoms with Crippen molar-refractivity contribution in [1.82, 2.24) is 5.48 Å². The summed E-state index contributed by atoms with van der Waals surface area (Å²) in [6.07, 6.45) is 5.31. The highest BCUT2D eigenvalue weighted by atomic mass is 35.5. The van der Waals surface area contributed by atoms with Crippen LogP contribution >= 0.6 is 22.9 Å². The fraction of sp³-hybridized carbons (Fsp3) is 0.429. The van der Waals surface area contributed by atoms with Crippen LogP contribution in [0, 0.1) is 0 Å². The third kappa shape index (κ3) is 2.54. The third-order valence-electron chi connectivity index (χ3n) is 3.39. The lowest BCUT2D eigenvalue weighted by molar-refractivity contribution is -0.0239. The normalized spacial score (nSPS) is 16.7. The van der Waals surface area contributed by atoms with Crippen LogP contribution in [0.4, 0.5) is 0 Å². The molecular weight excluding hydrogens is 266 g/mol. The van der Waals surface area contributed by atoms with Gasteiger partial charge in [0.1, 0.15) is 0 Å². The van der Waals surface area contributed by atoms with Crippen LogP contribution in [-0.2, 0) is 11.4 Å². The van der Waals surface area contributed by atoms with E-state index in [2.05, 4.69) is 17.6 Å². The number of nitrogens with one attached hydrogen (secondary N) is 1. The molecule has 18 heavy (non-hydrogen) atoms. The van der Waals surface area contributed by atoms with E-state index in [4.69, 9.17) is 16.4 Å². The van der Waals surface area contributed by atoms with Gasteiger partial charge in [0.25, 0.3) is 0 Å². The van der Waals surface area contributed by atoms with Crippen molar-refractivity contribution in [2.24, 2.45) is 0 Å². The van der Waals surface area contributed by atoms with Crippen LogP contribution in [0.15, 0.2) is 24.3 Å². The molecule has 0 radical (unpaired) electrons. The van der Waals surface area contributed by atoms with Gasteiger partial charge < -0.3 is 0 Å². The van der Waals surface area contributed by atoms with Crippen molar-refractivity contribution in [1.29, 1.82) is 0 Å². The number of hydrogen-bond donors (Lipinski definition) is 1. The predicted molar refractivity (Wildman–Crippen MR) is 77.0 cm³/mol. The second-order valence-electron chi connectivity index (χ2n) is 4.68. The highest BCUT2D eigenvalue weighted by molar-refractivity contribution is 7.19. The molecule has 0 saturated heterocycles. The van der Waals surface area contributed by atoms with E-state index in [1.165, 1.54) is 30.4 Å². The van der Waals surface area contributed by atoms with Crippen molar-refractivity contribution >= 4 is 33.0 Å². The molecule has 0 unspecified atom stereocenters. The van der Waals surface area contributed by atoms with Gasteiger partial charge in [0.2, 0.25) is 0 Å². The molecular formula is C14H16ClNOS. The second-order valence-corrected chi connectivity index (χ2v) is 6.20. The summed E-state index contributed by atoms with van der Waals surface area (Å²) in [5, 5.41) is 2.00. The maximum absolute atomic E-state index is 6.37. The summed E-state index contributed by atoms with van der Waals surface area (Å²) in [5.74, 6) is 0. The third-order valence-corrected chi connectivity index (χ3v) is 5.10. The van der Waals surface area contributed by atoms with E-state index in [1.807, 2.05) is 12.1 Å². The molecule has 1 N–H and O–H groups in total. The summed E-state index contributed by atoms with van der Waals surface area (Å²) in [7, 11) is 0. The summed E-state index contributed by atoms with van der Waals surface area (Å²) in [4.78, 5) is 6.80. The molecule has 0 amide bonds. The van der Waals surface area contributed by atoms with Crippen molar-refractivity contribution in [2.45, 2.75) is 38.3 Å². The number of hydroxylamine groups is 1. The van der Waals surface area contributed by atoms with Crippen LogP contribution in [0.5, 0.6) is 0 Å². The van der Waals surface area contributed by atoms with Gasteiger partial charge in [-0.25, -0.2) is 0 Å². The maximum atomic E-state index is 6.37. The number of fused-ring (bicyclic) bond motifs is 1. The smallest absolute Gasteiger partial charge is 0.0790 e. The standard InChI is InChI=1S/C14H16ClNOS/c15-14-11-7-3-4-8-12(11)18-13(14)9-16-17-10-5-1-2-6-10/h3-4,7-8,10,16H,1-2,5-6,9H2. The van der Waals surface area contributed by atoms with E-state index in [0.29, 0.717) is 12.6 Å². The van der Waals surface area contributed by atoms with Crippen molar-refractivity contribution in [3.63, 3.8) is 0 Å². The summed E-state index contributed by atoms with van der Waals surface area (Å²) in [6, 6.07) is 8.23. The fourth-order valence-corrected chi connectivity index (χ4v) is 3.84. The highest BCUT2D eigenvalue weighted by Gasteiger charge is 2.16. The quantitative estimate of drug-likeness (QED) is 0.832. The Bertz CT molecular complexity index is 534. The average molecular weight is 282 g/mol. The first kappa shape index (κ1) is 12.4. The summed E-state index contributed by atoms with van der Waals surface area (Å²) in [6.45, 7) is 0.689. The Morgan fingerprint density at radius 2 is 2.06 bits per heavy atom. The topological polar surface area (TPSA) is 21.3 Å². The van der Waals surface area contributed by atoms with Gasteiger partial charge in [-0.3, -0.25) is 4.84 Å². The van der Waals surface area contributed by atoms with Crippen LogP contribution < -0.4 is 5.48 Å². The van der Waals surface area contributed by atoms with E-state index < -0.39 is 0 Å². The van der Waals surface area contributed by atoms with Gasteiger partial charge in [-0.15, -0.1) is 11.3 Å². The molecule has 1 aliphatic carbocycles. The zero-order valence-corrected chi connectivity index (χ0v) is 11.7. The molecule has 1 fully saturated rings. The Morgan fingerprint density at radius 3 is 2.83 bits per heavy atom. The molecule has 0 aliphatic heterocycles. The zero-order valence-electron chi connectivity index (χ0n) is 10.1. The number of benzene rings is 1. The molecule has 4 heteroatoms. The predicted octanol–water partition coefficient (Wildman–Crippen LogP) is 4.52. The minimum Gasteiger partial charge on any atom is -0.298 e. The van der Waals surface area contributed by atoms with Gasteiger partial charge in [-0.2, -0.15) is 5.48 Å². The lowest BCUT2D eigenvalue weighted by Gasteiger charge is -2.10. The molecule has 0 atom stereocenters. The summed E-state index contributed by atoms with van der Waals surface area (Å²) >= 11 is 8.10. The molecule has 1 aromatic heterocycles. The number of hydrogen-bond acceptors (Lipinski definition) is 3. The van der Waals surface area contributed by atoms with Gasteiger partial charge in [-0.05, 0) is 18.9 Å². The monoisotopic (exact) mass is 281 g/mol. The Kier molecular flexibility index (Phi) is 3.85. The van der Waals surface area contributed by atoms with Gasteiger partial charge >= 0.3 is 0 Å². The summed E-state index contributed by atoms with van der Waals surface area (Å²) in [5.41, 5.74) is 3.07. The first-order valence-electron chi connectivity index (χ1n) is 6.39. The Balaban J connectivity index is 1.65. The minimum absolute atomic E-state index is 0.387. The van der Waals surface area contributed by atoms with Crippen LogP contribution in [0.3, 0.4) is 0 Å². The van der Waals surface area contributed by atoms with Crippen molar-refractivity contribution in [2.75, 3.05) is 0 Å². The molecule has 2 nitrogen and oxygen atoms in total. The van der Waals surface area contributed by atoms with Gasteiger partial charge in [0.15, 0.2) is 0 Å². The maximum Gasteiger partial charge on any atom is 0.0790 e. The SMILES string of the molecule is Clc1c(CNOC2CCCC2)sc2ccccc12. The highest BCUT2D eigenvalue weighted by Crippen LogP contribution is 2.35. The van der Waals surface area contributed by atoms with Crippen molar-refractivity contribution < 1.29 is 4.84 Å². The van der Waals surface area contributed by atoms with E-state index in [0.717, 1.165) is 15.3 Å². The average Bonchev–Trinajstić information content (AvgIpc) is 3.00. The lowest BCUT2D eigenvalue weighted by atomic mass is 10.2. The largest absolute Gasteiger partial charge is 0.298 e. The summed E-state index contributed by atoms with van der Waals surface area (Å²) < 4.78 is 1.24. The van der Waals surface area contributed by atoms with Crippen LogP contribution in [0.1, 0.15) is 30.6 Å². The minimum atomic E-state index is 0.387. The van der Waals surface area contributed by atoms with Gasteiger partial charge in [0, 0.05) is 15.0 Å². The van der Waals surface area contributed by atoms with Gasteiger partial charge in [-0.1, -0.05) is 42.6 Å². The fourth-order valence-electron chi connectivity index (χ4n) is 2.41. The first-order valence-corrected chi connectivity index (χ1v) is 7.58. The number of rotatable bonds is 4. The van der Waals surface area contributed by atoms with E-state index in [9.17, 15) is 0 Å². The van der Waals surface area contributed by atoms with Gasteiger partial charge in [0.05, 0.1) is 17.7 Å². The lowest BCUT2D eigenvalue weighted by Crippen LogP contribution is -2.20. The molecule has 2 aromatic rings. The van der Waals surface area contributed by atoms with Crippen LogP contribution in [0.2, 0.25) is 5.02 Å². The molecule has 1 aliphatic rings. The van der Waals surface area contributed by atoms with E-state index in [1.54, 1.807) is 11.3 Å². The molecule has 1 saturated carbocycles. The molecule has 3 rings (SSSR count). The molecule has 0 spiro atoms. The van der Waals surface area contributed by atoms with Crippen LogP contribution in [0.25, 0.3) is 10.1 Å². The van der Waals surface area contributed by atoms with Crippen LogP contribution in [-0.4, -0.2) is 6.10 Å². The number of halogens is 1. The van der Waals surface area contributed by atoms with E-state index in [-0.39, 0.29) is 0 Å². The Labute approximate surface area is 116 Å². The molecule has 96 valence electrons. The Morgan fingerprint density at radius 1 is 1.28 bits per heavy atom. The Hall–Kier alpha value is -0.610. The molecule has 0 bridgehead atoms. The second kappa shape index (κ2) is 5.57. The van der Waals surface area contributed by atoms with E-state index >= 15 is 0 Å². The molecule has 1 heterocycles.